The second-order valence-corrected chi connectivity index (χ2v) is 4.77. The van der Waals surface area contributed by atoms with E-state index in [0.29, 0.717) is 0 Å². The molecule has 0 aromatic heterocycles. The molecule has 0 aliphatic heterocycles. The van der Waals surface area contributed by atoms with E-state index < -0.39 is 0 Å². The highest BCUT2D eigenvalue weighted by atomic mass is 32.1. The van der Waals surface area contributed by atoms with Gasteiger partial charge in [-0.3, -0.25) is 0 Å². The predicted molar refractivity (Wildman–Crippen MR) is 87.2 cm³/mol. The van der Waals surface area contributed by atoms with Crippen LogP contribution in [0.4, 0.5) is 0 Å². The minimum absolute atomic E-state index is 0.787. The molecule has 2 heteroatoms. The van der Waals surface area contributed by atoms with Crippen LogP contribution < -0.4 is 0 Å². The van der Waals surface area contributed by atoms with E-state index in [1.54, 1.807) is 0 Å². The quantitative estimate of drug-likeness (QED) is 0.584. The molecule has 2 rings (SSSR count). The molecule has 0 saturated carbocycles. The zero-order valence-electron chi connectivity index (χ0n) is 10.1. The molecule has 0 spiro atoms. The van der Waals surface area contributed by atoms with Gasteiger partial charge >= 0.3 is 0 Å². The molecule has 0 nitrogen and oxygen atoms in total. The first-order valence-corrected chi connectivity index (χ1v) is 7.16. The lowest BCUT2D eigenvalue weighted by Gasteiger charge is -1.99. The number of rotatable bonds is 4. The number of hydrogen-bond acceptors (Lipinski definition) is 2. The van der Waals surface area contributed by atoms with Crippen molar-refractivity contribution in [2.45, 2.75) is 11.5 Å². The maximum Gasteiger partial charge on any atom is 0.0154 e. The van der Waals surface area contributed by atoms with Crippen LogP contribution in [0.5, 0.6) is 0 Å². The van der Waals surface area contributed by atoms with E-state index in [0.717, 1.165) is 11.5 Å². The maximum atomic E-state index is 4.25. The molecule has 0 aliphatic rings. The van der Waals surface area contributed by atoms with Gasteiger partial charge in [0.1, 0.15) is 0 Å². The van der Waals surface area contributed by atoms with Crippen molar-refractivity contribution in [3.8, 4) is 0 Å². The first-order valence-electron chi connectivity index (χ1n) is 5.89. The minimum Gasteiger partial charge on any atom is -0.175 e. The second-order valence-electron chi connectivity index (χ2n) is 4.13. The summed E-state index contributed by atoms with van der Waals surface area (Å²) in [6, 6.07) is 16.9. The van der Waals surface area contributed by atoms with E-state index in [4.69, 9.17) is 0 Å². The zero-order valence-corrected chi connectivity index (χ0v) is 11.9. The van der Waals surface area contributed by atoms with Crippen molar-refractivity contribution in [3.05, 3.63) is 70.8 Å². The molecule has 2 aromatic carbocycles. The molecule has 0 amide bonds. The van der Waals surface area contributed by atoms with Crippen LogP contribution in [0.3, 0.4) is 0 Å². The topological polar surface area (TPSA) is 0 Å². The third kappa shape index (κ3) is 3.69. The van der Waals surface area contributed by atoms with E-state index in [1.807, 2.05) is 0 Å². The Bertz CT molecular complexity index is 460. The van der Waals surface area contributed by atoms with Crippen molar-refractivity contribution >= 4 is 37.4 Å². The summed E-state index contributed by atoms with van der Waals surface area (Å²) in [5, 5.41) is 0. The first-order chi connectivity index (χ1) is 8.81. The van der Waals surface area contributed by atoms with Gasteiger partial charge in [0, 0.05) is 11.5 Å². The van der Waals surface area contributed by atoms with Gasteiger partial charge in [0.05, 0.1) is 0 Å². The van der Waals surface area contributed by atoms with Gasteiger partial charge in [0.15, 0.2) is 0 Å². The van der Waals surface area contributed by atoms with Crippen LogP contribution in [0.25, 0.3) is 12.2 Å². The summed E-state index contributed by atoms with van der Waals surface area (Å²) in [5.41, 5.74) is 4.90. The van der Waals surface area contributed by atoms with Crippen LogP contribution in [0.15, 0.2) is 48.5 Å². The van der Waals surface area contributed by atoms with Crippen molar-refractivity contribution in [1.29, 1.82) is 0 Å². The van der Waals surface area contributed by atoms with Gasteiger partial charge in [-0.2, -0.15) is 25.3 Å². The minimum atomic E-state index is 0.787. The Balaban J connectivity index is 2.08. The monoisotopic (exact) mass is 272 g/mol. The van der Waals surface area contributed by atoms with Crippen molar-refractivity contribution in [2.24, 2.45) is 0 Å². The van der Waals surface area contributed by atoms with Gasteiger partial charge < -0.3 is 0 Å². The van der Waals surface area contributed by atoms with Gasteiger partial charge in [-0.25, -0.2) is 0 Å². The van der Waals surface area contributed by atoms with Crippen molar-refractivity contribution in [1.82, 2.24) is 0 Å². The van der Waals surface area contributed by atoms with Crippen molar-refractivity contribution in [2.75, 3.05) is 0 Å². The Kier molecular flexibility index (Phi) is 4.97. The highest BCUT2D eigenvalue weighted by molar-refractivity contribution is 7.79. The average molecular weight is 272 g/mol. The van der Waals surface area contributed by atoms with Crippen LogP contribution in [0, 0.1) is 0 Å². The van der Waals surface area contributed by atoms with E-state index in [1.165, 1.54) is 22.3 Å². The van der Waals surface area contributed by atoms with Gasteiger partial charge in [0.2, 0.25) is 0 Å². The smallest absolute Gasteiger partial charge is 0.0154 e. The lowest BCUT2D eigenvalue weighted by molar-refractivity contribution is 1.42. The lowest BCUT2D eigenvalue weighted by Crippen LogP contribution is -1.79. The summed E-state index contributed by atoms with van der Waals surface area (Å²) in [5.74, 6) is 1.57. The first kappa shape index (κ1) is 13.3. The largest absolute Gasteiger partial charge is 0.175 e. The molecule has 0 unspecified atom stereocenters. The molecule has 0 fully saturated rings. The van der Waals surface area contributed by atoms with E-state index in [9.17, 15) is 0 Å². The molecule has 0 N–H and O–H groups in total. The summed E-state index contributed by atoms with van der Waals surface area (Å²) in [6.07, 6.45) is 4.25. The highest BCUT2D eigenvalue weighted by Crippen LogP contribution is 2.12. The number of hydrogen-bond donors (Lipinski definition) is 2. The number of benzene rings is 2. The van der Waals surface area contributed by atoms with E-state index >= 15 is 0 Å². The summed E-state index contributed by atoms with van der Waals surface area (Å²) < 4.78 is 0. The normalized spacial score (nSPS) is 11.0. The fourth-order valence-electron chi connectivity index (χ4n) is 1.66. The Labute approximate surface area is 120 Å². The molecular formula is C16H16S2. The van der Waals surface area contributed by atoms with Crippen LogP contribution in [0.1, 0.15) is 22.3 Å². The molecular weight excluding hydrogens is 256 g/mol. The van der Waals surface area contributed by atoms with Gasteiger partial charge in [-0.1, -0.05) is 60.7 Å². The Morgan fingerprint density at radius 1 is 0.611 bits per heavy atom. The SMILES string of the molecule is SCc1ccc(/C=C/c2ccc(CS)cc2)cc1. The molecule has 0 radical (unpaired) electrons. The molecule has 18 heavy (non-hydrogen) atoms. The predicted octanol–water partition coefficient (Wildman–Crippen LogP) is 4.72. The van der Waals surface area contributed by atoms with E-state index in [-0.39, 0.29) is 0 Å². The average Bonchev–Trinajstić information content (AvgIpc) is 2.46. The third-order valence-corrected chi connectivity index (χ3v) is 3.52. The Morgan fingerprint density at radius 3 is 1.22 bits per heavy atom. The zero-order chi connectivity index (χ0) is 12.8. The fourth-order valence-corrected chi connectivity index (χ4v) is 2.08. The van der Waals surface area contributed by atoms with Gasteiger partial charge in [0.25, 0.3) is 0 Å². The Morgan fingerprint density at radius 2 is 0.944 bits per heavy atom. The molecule has 92 valence electrons. The molecule has 0 aliphatic carbocycles. The molecule has 0 bridgehead atoms. The fraction of sp³-hybridized carbons (Fsp3) is 0.125. The van der Waals surface area contributed by atoms with Crippen molar-refractivity contribution in [3.63, 3.8) is 0 Å². The maximum absolute atomic E-state index is 4.25. The molecule has 0 heterocycles. The van der Waals surface area contributed by atoms with Crippen molar-refractivity contribution < 1.29 is 0 Å². The molecule has 2 aromatic rings. The molecule has 0 atom stereocenters. The van der Waals surface area contributed by atoms with Crippen LogP contribution in [-0.4, -0.2) is 0 Å². The van der Waals surface area contributed by atoms with Gasteiger partial charge in [-0.15, -0.1) is 0 Å². The Hall–Kier alpha value is -1.12. The van der Waals surface area contributed by atoms with E-state index in [2.05, 4.69) is 85.9 Å². The highest BCUT2D eigenvalue weighted by Gasteiger charge is 1.91. The van der Waals surface area contributed by atoms with Crippen LogP contribution in [-0.2, 0) is 11.5 Å². The summed E-state index contributed by atoms with van der Waals surface area (Å²) in [4.78, 5) is 0. The lowest BCUT2D eigenvalue weighted by atomic mass is 10.1. The standard InChI is InChI=1S/C16H16S2/c17-11-15-7-3-13(4-8-15)1-2-14-5-9-16(12-18)10-6-14/h1-10,17-18H,11-12H2/b2-1+. The van der Waals surface area contributed by atoms with Crippen LogP contribution in [0.2, 0.25) is 0 Å². The summed E-state index contributed by atoms with van der Waals surface area (Å²) in [6.45, 7) is 0. The third-order valence-electron chi connectivity index (χ3n) is 2.79. The summed E-state index contributed by atoms with van der Waals surface area (Å²) >= 11 is 8.50. The van der Waals surface area contributed by atoms with Crippen LogP contribution >= 0.6 is 25.3 Å². The van der Waals surface area contributed by atoms with Gasteiger partial charge in [-0.05, 0) is 22.3 Å². The molecule has 0 saturated heterocycles. The summed E-state index contributed by atoms with van der Waals surface area (Å²) in [7, 11) is 0. The number of thiol groups is 2. The second kappa shape index (κ2) is 6.72.